The van der Waals surface area contributed by atoms with Gasteiger partial charge < -0.3 is 16.2 Å². The van der Waals surface area contributed by atoms with Crippen LogP contribution in [0.25, 0.3) is 0 Å². The maximum atomic E-state index is 11.9. The smallest absolute Gasteiger partial charge is 0.251 e. The number of nitrogens with two attached hydrogens (primary N) is 1. The first kappa shape index (κ1) is 14.5. The molecule has 0 atom stereocenters. The molecule has 0 radical (unpaired) electrons. The topological polar surface area (TPSA) is 75.3 Å². The van der Waals surface area contributed by atoms with E-state index >= 15 is 0 Å². The van der Waals surface area contributed by atoms with E-state index in [0.717, 1.165) is 12.8 Å². The van der Waals surface area contributed by atoms with Crippen LogP contribution in [0.1, 0.15) is 37.0 Å². The largest absolute Gasteiger partial charge is 0.399 e. The third-order valence-corrected chi connectivity index (χ3v) is 3.61. The van der Waals surface area contributed by atoms with Crippen molar-refractivity contribution in [3.05, 3.63) is 29.8 Å². The van der Waals surface area contributed by atoms with Gasteiger partial charge in [0.25, 0.3) is 5.91 Å². The van der Waals surface area contributed by atoms with Gasteiger partial charge in [0, 0.05) is 23.2 Å². The van der Waals surface area contributed by atoms with Gasteiger partial charge in [-0.1, -0.05) is 19.9 Å². The van der Waals surface area contributed by atoms with Crippen LogP contribution in [0.2, 0.25) is 0 Å². The molecule has 0 aliphatic heterocycles. The average Bonchev–Trinajstić information content (AvgIpc) is 2.40. The number of amides is 1. The normalized spacial score (nSPS) is 11.3. The summed E-state index contributed by atoms with van der Waals surface area (Å²) in [5.41, 5.74) is 6.53. The van der Waals surface area contributed by atoms with Crippen LogP contribution < -0.4 is 11.1 Å². The van der Waals surface area contributed by atoms with Gasteiger partial charge in [-0.2, -0.15) is 0 Å². The minimum atomic E-state index is -0.226. The minimum Gasteiger partial charge on any atom is -0.399 e. The highest BCUT2D eigenvalue weighted by atomic mass is 16.3. The first-order valence-electron chi connectivity index (χ1n) is 6.31. The van der Waals surface area contributed by atoms with Gasteiger partial charge in [-0.05, 0) is 31.0 Å². The second-order valence-corrected chi connectivity index (χ2v) is 4.67. The molecule has 1 aromatic carbocycles. The van der Waals surface area contributed by atoms with Crippen LogP contribution in [-0.2, 0) is 0 Å². The van der Waals surface area contributed by atoms with E-state index in [2.05, 4.69) is 5.32 Å². The Morgan fingerprint density at radius 3 is 2.56 bits per heavy atom. The molecule has 18 heavy (non-hydrogen) atoms. The fourth-order valence-electron chi connectivity index (χ4n) is 1.83. The molecule has 100 valence electrons. The number of benzene rings is 1. The lowest BCUT2D eigenvalue weighted by atomic mass is 9.83. The molecule has 0 spiro atoms. The van der Waals surface area contributed by atoms with Crippen molar-refractivity contribution >= 4 is 11.6 Å². The Morgan fingerprint density at radius 1 is 1.39 bits per heavy atom. The molecule has 0 bridgehead atoms. The molecule has 0 saturated carbocycles. The Bertz CT molecular complexity index is 392. The number of aliphatic hydroxyl groups is 1. The fourth-order valence-corrected chi connectivity index (χ4v) is 1.83. The summed E-state index contributed by atoms with van der Waals surface area (Å²) < 4.78 is 0. The van der Waals surface area contributed by atoms with Crippen LogP contribution in [0.5, 0.6) is 0 Å². The van der Waals surface area contributed by atoms with Crippen LogP contribution in [-0.4, -0.2) is 24.2 Å². The van der Waals surface area contributed by atoms with Crippen molar-refractivity contribution in [1.82, 2.24) is 5.32 Å². The van der Waals surface area contributed by atoms with E-state index in [-0.39, 0.29) is 17.9 Å². The Balaban J connectivity index is 2.66. The molecule has 4 heteroatoms. The number of carbonyl (C=O) groups is 1. The monoisotopic (exact) mass is 250 g/mol. The van der Waals surface area contributed by atoms with E-state index in [0.29, 0.717) is 17.8 Å². The van der Waals surface area contributed by atoms with Gasteiger partial charge in [0.1, 0.15) is 0 Å². The molecule has 0 aliphatic carbocycles. The molecule has 1 amide bonds. The summed E-state index contributed by atoms with van der Waals surface area (Å²) in [6.45, 7) is 4.60. The fraction of sp³-hybridized carbons (Fsp3) is 0.500. The van der Waals surface area contributed by atoms with Gasteiger partial charge in [-0.3, -0.25) is 4.79 Å². The molecule has 1 rings (SSSR count). The Hall–Kier alpha value is -1.55. The number of rotatable bonds is 6. The summed E-state index contributed by atoms with van der Waals surface area (Å²) in [4.78, 5) is 11.9. The zero-order valence-corrected chi connectivity index (χ0v) is 11.1. The van der Waals surface area contributed by atoms with Gasteiger partial charge in [-0.15, -0.1) is 0 Å². The highest BCUT2D eigenvalue weighted by Crippen LogP contribution is 2.24. The second-order valence-electron chi connectivity index (χ2n) is 4.67. The number of nitrogens with one attached hydrogen (secondary N) is 1. The lowest BCUT2D eigenvalue weighted by Gasteiger charge is -2.29. The minimum absolute atomic E-state index is 0.0806. The molecule has 0 fully saturated rings. The van der Waals surface area contributed by atoms with Crippen molar-refractivity contribution in [2.24, 2.45) is 5.41 Å². The van der Waals surface area contributed by atoms with Crippen LogP contribution in [0, 0.1) is 5.41 Å². The van der Waals surface area contributed by atoms with Gasteiger partial charge in [0.05, 0.1) is 6.61 Å². The molecule has 0 aliphatic rings. The molecule has 0 heterocycles. The quantitative estimate of drug-likeness (QED) is 0.674. The molecule has 0 aromatic heterocycles. The lowest BCUT2D eigenvalue weighted by molar-refractivity contribution is 0.0851. The standard InChI is InChI=1S/C14H22N2O2/c1-3-14(4-2,10-17)9-16-13(18)11-6-5-7-12(15)8-11/h5-8,17H,3-4,9-10,15H2,1-2H3,(H,16,18). The molecule has 0 saturated heterocycles. The summed E-state index contributed by atoms with van der Waals surface area (Å²) in [6.07, 6.45) is 1.66. The van der Waals surface area contributed by atoms with E-state index < -0.39 is 0 Å². The number of anilines is 1. The van der Waals surface area contributed by atoms with Gasteiger partial charge in [0.15, 0.2) is 0 Å². The summed E-state index contributed by atoms with van der Waals surface area (Å²) in [5.74, 6) is -0.151. The van der Waals surface area contributed by atoms with Crippen LogP contribution in [0.4, 0.5) is 5.69 Å². The van der Waals surface area contributed by atoms with E-state index in [4.69, 9.17) is 5.73 Å². The van der Waals surface area contributed by atoms with Gasteiger partial charge in [-0.25, -0.2) is 0 Å². The maximum Gasteiger partial charge on any atom is 0.251 e. The van der Waals surface area contributed by atoms with Crippen molar-refractivity contribution in [3.63, 3.8) is 0 Å². The van der Waals surface area contributed by atoms with Crippen molar-refractivity contribution < 1.29 is 9.90 Å². The van der Waals surface area contributed by atoms with Crippen LogP contribution in [0.15, 0.2) is 24.3 Å². The highest BCUT2D eigenvalue weighted by Gasteiger charge is 2.25. The van der Waals surface area contributed by atoms with E-state index in [1.165, 1.54) is 0 Å². The van der Waals surface area contributed by atoms with Crippen molar-refractivity contribution in [1.29, 1.82) is 0 Å². The predicted molar refractivity (Wildman–Crippen MR) is 73.3 cm³/mol. The third-order valence-electron chi connectivity index (χ3n) is 3.61. The van der Waals surface area contributed by atoms with Gasteiger partial charge in [0.2, 0.25) is 0 Å². The molecular weight excluding hydrogens is 228 g/mol. The molecule has 4 nitrogen and oxygen atoms in total. The molecule has 4 N–H and O–H groups in total. The summed E-state index contributed by atoms with van der Waals surface area (Å²) >= 11 is 0. The van der Waals surface area contributed by atoms with Crippen LogP contribution >= 0.6 is 0 Å². The van der Waals surface area contributed by atoms with Crippen LogP contribution in [0.3, 0.4) is 0 Å². The molecule has 0 unspecified atom stereocenters. The van der Waals surface area contributed by atoms with E-state index in [1.807, 2.05) is 13.8 Å². The summed E-state index contributed by atoms with van der Waals surface area (Å²) in [5, 5.41) is 12.3. The average molecular weight is 250 g/mol. The lowest BCUT2D eigenvalue weighted by Crippen LogP contribution is -2.39. The van der Waals surface area contributed by atoms with Crippen molar-refractivity contribution in [2.45, 2.75) is 26.7 Å². The summed E-state index contributed by atoms with van der Waals surface area (Å²) in [7, 11) is 0. The number of hydrogen-bond acceptors (Lipinski definition) is 3. The Labute approximate surface area is 108 Å². The predicted octanol–water partition coefficient (Wildman–Crippen LogP) is 1.80. The number of hydrogen-bond donors (Lipinski definition) is 3. The van der Waals surface area contributed by atoms with Crippen molar-refractivity contribution in [3.8, 4) is 0 Å². The molecule has 1 aromatic rings. The number of carbonyl (C=O) groups excluding carboxylic acids is 1. The first-order chi connectivity index (χ1) is 8.56. The van der Waals surface area contributed by atoms with E-state index in [1.54, 1.807) is 24.3 Å². The SMILES string of the molecule is CCC(CC)(CO)CNC(=O)c1cccc(N)c1. The Kier molecular flexibility index (Phi) is 5.16. The zero-order chi connectivity index (χ0) is 13.6. The summed E-state index contributed by atoms with van der Waals surface area (Å²) in [6, 6.07) is 6.87. The van der Waals surface area contributed by atoms with E-state index in [9.17, 15) is 9.90 Å². The third kappa shape index (κ3) is 3.47. The van der Waals surface area contributed by atoms with Crippen molar-refractivity contribution in [2.75, 3.05) is 18.9 Å². The molecular formula is C14H22N2O2. The number of aliphatic hydroxyl groups excluding tert-OH is 1. The van der Waals surface area contributed by atoms with Gasteiger partial charge >= 0.3 is 0 Å². The highest BCUT2D eigenvalue weighted by molar-refractivity contribution is 5.94. The maximum absolute atomic E-state index is 11.9. The Morgan fingerprint density at radius 2 is 2.06 bits per heavy atom. The first-order valence-corrected chi connectivity index (χ1v) is 6.31. The second kappa shape index (κ2) is 6.40. The number of nitrogen functional groups attached to an aromatic ring is 1. The zero-order valence-electron chi connectivity index (χ0n) is 11.1.